The molecule has 1 spiro atoms. The minimum absolute atomic E-state index is 0.0159. The highest BCUT2D eigenvalue weighted by Crippen LogP contribution is 2.53. The van der Waals surface area contributed by atoms with Crippen LogP contribution in [0.2, 0.25) is 0 Å². The number of hydrogen-bond donors (Lipinski definition) is 1. The Morgan fingerprint density at radius 2 is 1.96 bits per heavy atom. The Bertz CT molecular complexity index is 623. The minimum atomic E-state index is -0.571. The molecule has 1 aliphatic heterocycles. The second kappa shape index (κ2) is 5.32. The van der Waals surface area contributed by atoms with Crippen LogP contribution < -0.4 is 5.32 Å². The maximum absolute atomic E-state index is 12.5. The first-order chi connectivity index (χ1) is 11.1. The standard InChI is InChI=1S/C16H22N4O3/c1-10(15(22)20-8-6-16(4-5-16)7-9-20)17-13(21)12-18-14(23-19-12)11-2-3-11/h10-11H,2-9H2,1H3,(H,17,21)/t10-/m1/s1. The van der Waals surface area contributed by atoms with E-state index in [1.165, 1.54) is 12.8 Å². The van der Waals surface area contributed by atoms with Crippen LogP contribution in [-0.2, 0) is 4.79 Å². The maximum atomic E-state index is 12.5. The van der Waals surface area contributed by atoms with Crippen molar-refractivity contribution in [1.82, 2.24) is 20.4 Å². The SMILES string of the molecule is C[C@@H](NC(=O)c1noc(C2CC2)n1)C(=O)N1CCC2(CC1)CC2. The summed E-state index contributed by atoms with van der Waals surface area (Å²) < 4.78 is 5.08. The van der Waals surface area contributed by atoms with Gasteiger partial charge in [-0.2, -0.15) is 4.98 Å². The third-order valence-electron chi connectivity index (χ3n) is 5.38. The van der Waals surface area contributed by atoms with E-state index < -0.39 is 11.9 Å². The maximum Gasteiger partial charge on any atom is 0.293 e. The summed E-state index contributed by atoms with van der Waals surface area (Å²) >= 11 is 0. The van der Waals surface area contributed by atoms with Crippen LogP contribution >= 0.6 is 0 Å². The van der Waals surface area contributed by atoms with Crippen molar-refractivity contribution >= 4 is 11.8 Å². The Morgan fingerprint density at radius 3 is 2.57 bits per heavy atom. The number of carbonyl (C=O) groups excluding carboxylic acids is 2. The van der Waals surface area contributed by atoms with Gasteiger partial charge in [-0.3, -0.25) is 9.59 Å². The molecule has 4 rings (SSSR count). The van der Waals surface area contributed by atoms with Gasteiger partial charge in [-0.05, 0) is 50.9 Å². The van der Waals surface area contributed by atoms with E-state index in [2.05, 4.69) is 15.5 Å². The van der Waals surface area contributed by atoms with E-state index in [1.54, 1.807) is 6.92 Å². The van der Waals surface area contributed by atoms with Gasteiger partial charge in [-0.1, -0.05) is 5.16 Å². The molecule has 124 valence electrons. The van der Waals surface area contributed by atoms with Crippen molar-refractivity contribution in [2.75, 3.05) is 13.1 Å². The number of rotatable bonds is 4. The predicted molar refractivity (Wildman–Crippen MR) is 80.7 cm³/mol. The van der Waals surface area contributed by atoms with Crippen LogP contribution in [0.3, 0.4) is 0 Å². The minimum Gasteiger partial charge on any atom is -0.341 e. The fourth-order valence-electron chi connectivity index (χ4n) is 3.30. The normalized spacial score (nSPS) is 23.6. The molecule has 7 heteroatoms. The van der Waals surface area contributed by atoms with Crippen molar-refractivity contribution in [3.8, 4) is 0 Å². The van der Waals surface area contributed by atoms with Crippen LogP contribution in [0.4, 0.5) is 0 Å². The molecule has 0 aromatic carbocycles. The van der Waals surface area contributed by atoms with E-state index in [1.807, 2.05) is 4.90 Å². The average molecular weight is 318 g/mol. The van der Waals surface area contributed by atoms with Crippen LogP contribution in [0.25, 0.3) is 0 Å². The lowest BCUT2D eigenvalue weighted by Gasteiger charge is -2.33. The van der Waals surface area contributed by atoms with E-state index in [-0.39, 0.29) is 11.7 Å². The number of aromatic nitrogens is 2. The number of piperidine rings is 1. The molecule has 1 N–H and O–H groups in total. The molecule has 1 atom stereocenters. The van der Waals surface area contributed by atoms with Crippen molar-refractivity contribution in [1.29, 1.82) is 0 Å². The first-order valence-electron chi connectivity index (χ1n) is 8.50. The zero-order valence-electron chi connectivity index (χ0n) is 13.4. The zero-order valence-corrected chi connectivity index (χ0v) is 13.4. The van der Waals surface area contributed by atoms with Crippen molar-refractivity contribution < 1.29 is 14.1 Å². The number of amides is 2. The smallest absolute Gasteiger partial charge is 0.293 e. The van der Waals surface area contributed by atoms with Gasteiger partial charge < -0.3 is 14.7 Å². The summed E-state index contributed by atoms with van der Waals surface area (Å²) in [5.41, 5.74) is 0.535. The average Bonchev–Trinajstić information content (AvgIpc) is 3.48. The molecular weight excluding hydrogens is 296 g/mol. The third-order valence-corrected chi connectivity index (χ3v) is 5.38. The Hall–Kier alpha value is -1.92. The first-order valence-corrected chi connectivity index (χ1v) is 8.50. The summed E-state index contributed by atoms with van der Waals surface area (Å²) in [6, 6.07) is -0.571. The Balaban J connectivity index is 1.31. The molecule has 2 aliphatic carbocycles. The number of carbonyl (C=O) groups is 2. The molecule has 0 bridgehead atoms. The van der Waals surface area contributed by atoms with E-state index in [9.17, 15) is 9.59 Å². The Labute approximate surface area is 134 Å². The van der Waals surface area contributed by atoms with Gasteiger partial charge in [0.2, 0.25) is 11.8 Å². The van der Waals surface area contributed by atoms with Crippen molar-refractivity contribution in [3.63, 3.8) is 0 Å². The monoisotopic (exact) mass is 318 g/mol. The molecule has 7 nitrogen and oxygen atoms in total. The molecule has 1 aromatic rings. The number of hydrogen-bond acceptors (Lipinski definition) is 5. The van der Waals surface area contributed by atoms with Gasteiger partial charge in [-0.25, -0.2) is 0 Å². The van der Waals surface area contributed by atoms with Gasteiger partial charge in [0, 0.05) is 19.0 Å². The lowest BCUT2D eigenvalue weighted by molar-refractivity contribution is -0.134. The summed E-state index contributed by atoms with van der Waals surface area (Å²) in [5.74, 6) is 0.380. The Morgan fingerprint density at radius 1 is 1.26 bits per heavy atom. The molecule has 0 unspecified atom stereocenters. The first kappa shape index (κ1) is 14.7. The summed E-state index contributed by atoms with van der Waals surface area (Å²) in [6.45, 7) is 3.31. The van der Waals surface area contributed by atoms with Gasteiger partial charge in [0.25, 0.3) is 11.7 Å². The number of nitrogens with zero attached hydrogens (tertiary/aromatic N) is 3. The quantitative estimate of drug-likeness (QED) is 0.908. The summed E-state index contributed by atoms with van der Waals surface area (Å²) in [6.07, 6.45) is 6.87. The van der Waals surface area contributed by atoms with Gasteiger partial charge in [0.05, 0.1) is 0 Å². The Kier molecular flexibility index (Phi) is 3.39. The summed E-state index contributed by atoms with van der Waals surface area (Å²) in [4.78, 5) is 30.6. The lowest BCUT2D eigenvalue weighted by atomic mass is 9.93. The van der Waals surface area contributed by atoms with Crippen molar-refractivity contribution in [2.24, 2.45) is 5.41 Å². The number of likely N-dealkylation sites (tertiary alicyclic amines) is 1. The van der Waals surface area contributed by atoms with Crippen LogP contribution in [0, 0.1) is 5.41 Å². The highest BCUT2D eigenvalue weighted by molar-refractivity contribution is 5.94. The second-order valence-electron chi connectivity index (χ2n) is 7.25. The van der Waals surface area contributed by atoms with Crippen LogP contribution in [0.1, 0.15) is 67.9 Å². The highest BCUT2D eigenvalue weighted by Gasteiger charge is 2.45. The fourth-order valence-corrected chi connectivity index (χ4v) is 3.30. The fraction of sp³-hybridized carbons (Fsp3) is 0.750. The molecule has 1 aromatic heterocycles. The molecule has 2 heterocycles. The van der Waals surface area contributed by atoms with Crippen LogP contribution in [0.15, 0.2) is 4.52 Å². The summed E-state index contributed by atoms with van der Waals surface area (Å²) in [7, 11) is 0. The van der Waals surface area contributed by atoms with E-state index in [0.29, 0.717) is 17.2 Å². The molecule has 2 saturated carbocycles. The predicted octanol–water partition coefficient (Wildman–Crippen LogP) is 1.47. The van der Waals surface area contributed by atoms with E-state index >= 15 is 0 Å². The van der Waals surface area contributed by atoms with Gasteiger partial charge in [0.1, 0.15) is 6.04 Å². The topological polar surface area (TPSA) is 88.3 Å². The molecule has 3 aliphatic rings. The number of nitrogens with one attached hydrogen (secondary N) is 1. The molecule has 2 amide bonds. The van der Waals surface area contributed by atoms with Crippen molar-refractivity contribution in [3.05, 3.63) is 11.7 Å². The molecule has 0 radical (unpaired) electrons. The summed E-state index contributed by atoms with van der Waals surface area (Å²) in [5, 5.41) is 6.39. The second-order valence-corrected chi connectivity index (χ2v) is 7.25. The largest absolute Gasteiger partial charge is 0.341 e. The highest BCUT2D eigenvalue weighted by atomic mass is 16.5. The van der Waals surface area contributed by atoms with Crippen LogP contribution in [0.5, 0.6) is 0 Å². The molecule has 3 fully saturated rings. The van der Waals surface area contributed by atoms with Crippen molar-refractivity contribution in [2.45, 2.75) is 57.4 Å². The van der Waals surface area contributed by atoms with Gasteiger partial charge in [0.15, 0.2) is 0 Å². The van der Waals surface area contributed by atoms with E-state index in [0.717, 1.165) is 38.8 Å². The lowest BCUT2D eigenvalue weighted by Crippen LogP contribution is -2.49. The molecular formula is C16H22N4O3. The van der Waals surface area contributed by atoms with Gasteiger partial charge >= 0.3 is 0 Å². The molecule has 1 saturated heterocycles. The van der Waals surface area contributed by atoms with Crippen LogP contribution in [-0.4, -0.2) is 46.0 Å². The third kappa shape index (κ3) is 2.96. The van der Waals surface area contributed by atoms with Gasteiger partial charge in [-0.15, -0.1) is 0 Å². The molecule has 23 heavy (non-hydrogen) atoms. The zero-order chi connectivity index (χ0) is 16.0. The van der Waals surface area contributed by atoms with E-state index in [4.69, 9.17) is 4.52 Å².